The van der Waals surface area contributed by atoms with Crippen molar-refractivity contribution in [2.24, 2.45) is 5.92 Å². The lowest BCUT2D eigenvalue weighted by molar-refractivity contribution is 0.0768. The lowest BCUT2D eigenvalue weighted by Gasteiger charge is -2.16. The maximum absolute atomic E-state index is 5.63. The maximum Gasteiger partial charge on any atom is 0.157 e. The molecule has 1 N–H and O–H groups in total. The van der Waals surface area contributed by atoms with E-state index in [2.05, 4.69) is 5.32 Å². The Balaban J connectivity index is 1.76. The molecule has 1 aromatic rings. The van der Waals surface area contributed by atoms with Crippen LogP contribution >= 0.6 is 0 Å². The third-order valence-electron chi connectivity index (χ3n) is 4.26. The molecule has 96 valence electrons. The zero-order valence-corrected chi connectivity index (χ0v) is 10.8. The molecule has 3 aliphatic rings. The van der Waals surface area contributed by atoms with E-state index in [4.69, 9.17) is 14.7 Å². The average Bonchev–Trinajstić information content (AvgIpc) is 3.28. The molecule has 1 unspecified atom stereocenters. The molecule has 4 nitrogen and oxygen atoms in total. The number of methoxy groups -OCH3 is 1. The first-order valence-electron chi connectivity index (χ1n) is 7.00. The summed E-state index contributed by atoms with van der Waals surface area (Å²) in [7, 11) is 1.79. The van der Waals surface area contributed by atoms with Gasteiger partial charge in [0.2, 0.25) is 0 Å². The van der Waals surface area contributed by atoms with Crippen molar-refractivity contribution in [3.8, 4) is 0 Å². The molecular formula is C14H19N3O. The van der Waals surface area contributed by atoms with Crippen LogP contribution in [0.3, 0.4) is 0 Å². The number of fused-ring (bicyclic) bond motifs is 1. The molecule has 2 aliphatic carbocycles. The fourth-order valence-electron chi connectivity index (χ4n) is 2.94. The van der Waals surface area contributed by atoms with E-state index in [1.165, 1.54) is 42.6 Å². The van der Waals surface area contributed by atoms with Crippen molar-refractivity contribution in [3.05, 3.63) is 22.8 Å². The quantitative estimate of drug-likeness (QED) is 0.882. The van der Waals surface area contributed by atoms with Gasteiger partial charge < -0.3 is 10.1 Å². The van der Waals surface area contributed by atoms with Gasteiger partial charge in [0, 0.05) is 31.7 Å². The highest BCUT2D eigenvalue weighted by molar-refractivity contribution is 5.34. The summed E-state index contributed by atoms with van der Waals surface area (Å²) in [4.78, 5) is 9.62. The minimum Gasteiger partial charge on any atom is -0.373 e. The Morgan fingerprint density at radius 1 is 1.17 bits per heavy atom. The van der Waals surface area contributed by atoms with Gasteiger partial charge in [-0.15, -0.1) is 0 Å². The Labute approximate surface area is 107 Å². The molecule has 1 aliphatic heterocycles. The lowest BCUT2D eigenvalue weighted by atomic mass is 10.1. The van der Waals surface area contributed by atoms with Gasteiger partial charge in [-0.3, -0.25) is 0 Å². The number of aromatic nitrogens is 2. The van der Waals surface area contributed by atoms with Crippen LogP contribution in [0.2, 0.25) is 0 Å². The summed E-state index contributed by atoms with van der Waals surface area (Å²) in [5.74, 6) is 2.27. The van der Waals surface area contributed by atoms with Gasteiger partial charge in [0.25, 0.3) is 0 Å². The summed E-state index contributed by atoms with van der Waals surface area (Å²) in [5.41, 5.74) is 3.89. The third kappa shape index (κ3) is 1.75. The molecule has 0 bridgehead atoms. The van der Waals surface area contributed by atoms with E-state index >= 15 is 0 Å². The Hall–Kier alpha value is -1.00. The Morgan fingerprint density at radius 3 is 2.67 bits per heavy atom. The van der Waals surface area contributed by atoms with Crippen molar-refractivity contribution in [2.75, 3.05) is 7.11 Å². The van der Waals surface area contributed by atoms with Crippen LogP contribution in [0.1, 0.15) is 60.5 Å². The molecule has 18 heavy (non-hydrogen) atoms. The molecule has 0 radical (unpaired) electrons. The van der Waals surface area contributed by atoms with E-state index in [1.54, 1.807) is 7.11 Å². The first-order valence-corrected chi connectivity index (χ1v) is 7.00. The predicted octanol–water partition coefficient (Wildman–Crippen LogP) is 2.05. The fraction of sp³-hybridized carbons (Fsp3) is 0.714. The standard InChI is InChI=1S/C14H19N3O/c1-18-13(9-4-5-9)14-16-11-7-15-6-10(11)12(17-14)8-2-3-8/h8-9,13,15H,2-7H2,1H3. The molecule has 2 heterocycles. The molecule has 0 spiro atoms. The highest BCUT2D eigenvalue weighted by Crippen LogP contribution is 2.45. The third-order valence-corrected chi connectivity index (χ3v) is 4.26. The minimum atomic E-state index is 0.119. The molecule has 0 saturated heterocycles. The molecule has 4 heteroatoms. The van der Waals surface area contributed by atoms with E-state index in [9.17, 15) is 0 Å². The normalized spacial score (nSPS) is 24.1. The number of hydrogen-bond acceptors (Lipinski definition) is 4. The van der Waals surface area contributed by atoms with Crippen LogP contribution in [-0.2, 0) is 17.8 Å². The van der Waals surface area contributed by atoms with Crippen molar-refractivity contribution >= 4 is 0 Å². The molecule has 2 fully saturated rings. The Bertz CT molecular complexity index is 480. The largest absolute Gasteiger partial charge is 0.373 e. The molecule has 0 amide bonds. The molecular weight excluding hydrogens is 226 g/mol. The van der Waals surface area contributed by atoms with E-state index in [0.29, 0.717) is 11.8 Å². The first kappa shape index (κ1) is 10.9. The second kappa shape index (κ2) is 4.00. The van der Waals surface area contributed by atoms with Gasteiger partial charge in [0.15, 0.2) is 5.82 Å². The van der Waals surface area contributed by atoms with Crippen LogP contribution < -0.4 is 5.32 Å². The van der Waals surface area contributed by atoms with Crippen LogP contribution in [0.15, 0.2) is 0 Å². The van der Waals surface area contributed by atoms with Gasteiger partial charge in [-0.2, -0.15) is 0 Å². The molecule has 2 saturated carbocycles. The zero-order valence-electron chi connectivity index (χ0n) is 10.8. The van der Waals surface area contributed by atoms with Gasteiger partial charge in [-0.1, -0.05) is 0 Å². The highest BCUT2D eigenvalue weighted by Gasteiger charge is 2.37. The van der Waals surface area contributed by atoms with Gasteiger partial charge in [0.05, 0.1) is 11.4 Å². The monoisotopic (exact) mass is 245 g/mol. The van der Waals surface area contributed by atoms with E-state index in [1.807, 2.05) is 0 Å². The van der Waals surface area contributed by atoms with Crippen LogP contribution in [0.25, 0.3) is 0 Å². The lowest BCUT2D eigenvalue weighted by Crippen LogP contribution is -2.13. The van der Waals surface area contributed by atoms with Crippen molar-refractivity contribution < 1.29 is 4.74 Å². The van der Waals surface area contributed by atoms with Crippen LogP contribution in [0, 0.1) is 5.92 Å². The van der Waals surface area contributed by atoms with E-state index < -0.39 is 0 Å². The minimum absolute atomic E-state index is 0.119. The van der Waals surface area contributed by atoms with Crippen molar-refractivity contribution in [1.29, 1.82) is 0 Å². The van der Waals surface area contributed by atoms with Crippen molar-refractivity contribution in [2.45, 2.75) is 50.8 Å². The van der Waals surface area contributed by atoms with E-state index in [0.717, 1.165) is 18.9 Å². The van der Waals surface area contributed by atoms with E-state index in [-0.39, 0.29) is 6.10 Å². The number of nitrogens with zero attached hydrogens (tertiary/aromatic N) is 2. The van der Waals surface area contributed by atoms with Gasteiger partial charge >= 0.3 is 0 Å². The van der Waals surface area contributed by atoms with Crippen molar-refractivity contribution in [1.82, 2.24) is 15.3 Å². The summed E-state index contributed by atoms with van der Waals surface area (Å²) >= 11 is 0. The Kier molecular flexibility index (Phi) is 2.42. The summed E-state index contributed by atoms with van der Waals surface area (Å²) in [6.07, 6.45) is 5.23. The van der Waals surface area contributed by atoms with Gasteiger partial charge in [-0.05, 0) is 31.6 Å². The van der Waals surface area contributed by atoms with Crippen molar-refractivity contribution in [3.63, 3.8) is 0 Å². The molecule has 0 aromatic carbocycles. The fourth-order valence-corrected chi connectivity index (χ4v) is 2.94. The Morgan fingerprint density at radius 2 is 2.00 bits per heavy atom. The predicted molar refractivity (Wildman–Crippen MR) is 67.0 cm³/mol. The van der Waals surface area contributed by atoms with Gasteiger partial charge in [-0.25, -0.2) is 9.97 Å². The number of rotatable bonds is 4. The summed E-state index contributed by atoms with van der Waals surface area (Å²) in [5, 5.41) is 3.40. The van der Waals surface area contributed by atoms with Crippen LogP contribution in [0.4, 0.5) is 0 Å². The van der Waals surface area contributed by atoms with Crippen LogP contribution in [-0.4, -0.2) is 17.1 Å². The molecule has 4 rings (SSSR count). The first-order chi connectivity index (χ1) is 8.86. The highest BCUT2D eigenvalue weighted by atomic mass is 16.5. The topological polar surface area (TPSA) is 47.0 Å². The molecule has 1 atom stereocenters. The summed E-state index contributed by atoms with van der Waals surface area (Å²) in [6.45, 7) is 1.84. The summed E-state index contributed by atoms with van der Waals surface area (Å²) in [6, 6.07) is 0. The summed E-state index contributed by atoms with van der Waals surface area (Å²) < 4.78 is 5.63. The number of ether oxygens (including phenoxy) is 1. The second-order valence-corrected chi connectivity index (χ2v) is 5.76. The number of hydrogen-bond donors (Lipinski definition) is 1. The average molecular weight is 245 g/mol. The SMILES string of the molecule is COC(c1nc2c(c(C3CC3)n1)CNC2)C1CC1. The smallest absolute Gasteiger partial charge is 0.157 e. The second-order valence-electron chi connectivity index (χ2n) is 5.76. The zero-order chi connectivity index (χ0) is 12.1. The molecule has 1 aromatic heterocycles. The number of nitrogens with one attached hydrogen (secondary N) is 1. The maximum atomic E-state index is 5.63. The van der Waals surface area contributed by atoms with Gasteiger partial charge in [0.1, 0.15) is 6.10 Å². The van der Waals surface area contributed by atoms with Crippen LogP contribution in [0.5, 0.6) is 0 Å².